The zero-order valence-corrected chi connectivity index (χ0v) is 13.4. The number of rotatable bonds is 6. The first-order valence-corrected chi connectivity index (χ1v) is 7.57. The minimum Gasteiger partial charge on any atom is -0.497 e. The molecule has 0 saturated carbocycles. The number of hydrogen-bond donors (Lipinski definition) is 1. The van der Waals surface area contributed by atoms with E-state index < -0.39 is 0 Å². The molecule has 0 aliphatic carbocycles. The molecule has 0 saturated heterocycles. The molecule has 0 fully saturated rings. The zero-order valence-electron chi connectivity index (χ0n) is 13.4. The summed E-state index contributed by atoms with van der Waals surface area (Å²) in [6, 6.07) is 15.4. The van der Waals surface area contributed by atoms with E-state index in [0.717, 1.165) is 18.7 Å². The van der Waals surface area contributed by atoms with Crippen molar-refractivity contribution in [1.29, 1.82) is 0 Å². The molecule has 0 spiro atoms. The lowest BCUT2D eigenvalue weighted by Crippen LogP contribution is -2.23. The number of methoxy groups -OCH3 is 1. The second kappa shape index (κ2) is 7.28. The SMILES string of the molecule is CCNC(Cc1cc(C)cc(C)c1)c1cccc(OC)c1. The van der Waals surface area contributed by atoms with Crippen LogP contribution in [0.1, 0.15) is 35.2 Å². The quantitative estimate of drug-likeness (QED) is 0.857. The van der Waals surface area contributed by atoms with E-state index in [2.05, 4.69) is 62.5 Å². The molecule has 2 aromatic carbocycles. The van der Waals surface area contributed by atoms with Gasteiger partial charge in [0.05, 0.1) is 7.11 Å². The number of ether oxygens (including phenoxy) is 1. The molecule has 112 valence electrons. The molecule has 2 nitrogen and oxygen atoms in total. The molecule has 0 bridgehead atoms. The van der Waals surface area contributed by atoms with Crippen LogP contribution in [0.2, 0.25) is 0 Å². The van der Waals surface area contributed by atoms with Gasteiger partial charge in [-0.3, -0.25) is 0 Å². The lowest BCUT2D eigenvalue weighted by molar-refractivity contribution is 0.413. The first-order chi connectivity index (χ1) is 10.1. The van der Waals surface area contributed by atoms with Crippen LogP contribution in [0, 0.1) is 13.8 Å². The van der Waals surface area contributed by atoms with Crippen molar-refractivity contribution < 1.29 is 4.74 Å². The lowest BCUT2D eigenvalue weighted by Gasteiger charge is -2.20. The van der Waals surface area contributed by atoms with Crippen molar-refractivity contribution in [3.8, 4) is 5.75 Å². The lowest BCUT2D eigenvalue weighted by atomic mass is 9.96. The van der Waals surface area contributed by atoms with Crippen molar-refractivity contribution in [2.75, 3.05) is 13.7 Å². The van der Waals surface area contributed by atoms with Crippen molar-refractivity contribution in [3.63, 3.8) is 0 Å². The van der Waals surface area contributed by atoms with Crippen molar-refractivity contribution in [3.05, 3.63) is 64.7 Å². The molecule has 2 aromatic rings. The van der Waals surface area contributed by atoms with Crippen LogP contribution in [0.15, 0.2) is 42.5 Å². The smallest absolute Gasteiger partial charge is 0.119 e. The largest absolute Gasteiger partial charge is 0.497 e. The Labute approximate surface area is 128 Å². The van der Waals surface area contributed by atoms with Gasteiger partial charge in [-0.15, -0.1) is 0 Å². The Morgan fingerprint density at radius 2 is 1.76 bits per heavy atom. The van der Waals surface area contributed by atoms with Crippen molar-refractivity contribution in [2.45, 2.75) is 33.2 Å². The van der Waals surface area contributed by atoms with Crippen LogP contribution >= 0.6 is 0 Å². The molecule has 2 heteroatoms. The van der Waals surface area contributed by atoms with Gasteiger partial charge in [0.15, 0.2) is 0 Å². The molecule has 0 aliphatic rings. The van der Waals surface area contributed by atoms with E-state index >= 15 is 0 Å². The maximum absolute atomic E-state index is 5.34. The highest BCUT2D eigenvalue weighted by molar-refractivity contribution is 5.34. The van der Waals surface area contributed by atoms with Crippen LogP contribution in [0.5, 0.6) is 5.75 Å². The van der Waals surface area contributed by atoms with Crippen LogP contribution in [-0.4, -0.2) is 13.7 Å². The maximum atomic E-state index is 5.34. The second-order valence-electron chi connectivity index (χ2n) is 5.59. The molecule has 2 rings (SSSR count). The molecular weight excluding hydrogens is 258 g/mol. The van der Waals surface area contributed by atoms with Crippen molar-refractivity contribution >= 4 is 0 Å². The summed E-state index contributed by atoms with van der Waals surface area (Å²) < 4.78 is 5.34. The average molecular weight is 283 g/mol. The summed E-state index contributed by atoms with van der Waals surface area (Å²) in [5, 5.41) is 3.58. The molecular formula is C19H25NO. The predicted molar refractivity (Wildman–Crippen MR) is 89.0 cm³/mol. The highest BCUT2D eigenvalue weighted by atomic mass is 16.5. The van der Waals surface area contributed by atoms with E-state index in [1.54, 1.807) is 7.11 Å². The monoisotopic (exact) mass is 283 g/mol. The Morgan fingerprint density at radius 1 is 1.05 bits per heavy atom. The van der Waals surface area contributed by atoms with Gasteiger partial charge in [-0.05, 0) is 50.1 Å². The zero-order chi connectivity index (χ0) is 15.2. The highest BCUT2D eigenvalue weighted by Crippen LogP contribution is 2.23. The number of hydrogen-bond acceptors (Lipinski definition) is 2. The minimum absolute atomic E-state index is 0.311. The van der Waals surface area contributed by atoms with Gasteiger partial charge in [-0.2, -0.15) is 0 Å². The van der Waals surface area contributed by atoms with Gasteiger partial charge < -0.3 is 10.1 Å². The highest BCUT2D eigenvalue weighted by Gasteiger charge is 2.12. The van der Waals surface area contributed by atoms with Crippen LogP contribution in [0.3, 0.4) is 0 Å². The number of nitrogens with one attached hydrogen (secondary N) is 1. The Morgan fingerprint density at radius 3 is 2.38 bits per heavy atom. The van der Waals surface area contributed by atoms with Crippen LogP contribution < -0.4 is 10.1 Å². The number of aryl methyl sites for hydroxylation is 2. The molecule has 0 aliphatic heterocycles. The maximum Gasteiger partial charge on any atom is 0.119 e. The second-order valence-corrected chi connectivity index (χ2v) is 5.59. The fourth-order valence-electron chi connectivity index (χ4n) is 2.84. The molecule has 0 radical (unpaired) electrons. The minimum atomic E-state index is 0.311. The van der Waals surface area contributed by atoms with Gasteiger partial charge in [0.1, 0.15) is 5.75 Å². The fourth-order valence-corrected chi connectivity index (χ4v) is 2.84. The topological polar surface area (TPSA) is 21.3 Å². The van der Waals surface area contributed by atoms with E-state index in [4.69, 9.17) is 4.74 Å². The van der Waals surface area contributed by atoms with Gasteiger partial charge >= 0.3 is 0 Å². The average Bonchev–Trinajstić information content (AvgIpc) is 2.46. The normalized spacial score (nSPS) is 12.2. The van der Waals surface area contributed by atoms with E-state index in [1.165, 1.54) is 22.3 Å². The summed E-state index contributed by atoms with van der Waals surface area (Å²) >= 11 is 0. The number of benzene rings is 2. The van der Waals surface area contributed by atoms with Gasteiger partial charge in [0, 0.05) is 6.04 Å². The first kappa shape index (κ1) is 15.6. The predicted octanol–water partition coefficient (Wildman–Crippen LogP) is 4.21. The van der Waals surface area contributed by atoms with Gasteiger partial charge in [0.2, 0.25) is 0 Å². The summed E-state index contributed by atoms with van der Waals surface area (Å²) in [5.41, 5.74) is 5.30. The first-order valence-electron chi connectivity index (χ1n) is 7.57. The van der Waals surface area contributed by atoms with Gasteiger partial charge in [-0.1, -0.05) is 48.4 Å². The molecule has 21 heavy (non-hydrogen) atoms. The van der Waals surface area contributed by atoms with Crippen molar-refractivity contribution in [2.24, 2.45) is 0 Å². The standard InChI is InChI=1S/C19H25NO/c1-5-20-19(17-7-6-8-18(13-17)21-4)12-16-10-14(2)9-15(3)11-16/h6-11,13,19-20H,5,12H2,1-4H3. The third-order valence-corrected chi connectivity index (χ3v) is 3.67. The molecule has 0 heterocycles. The summed E-state index contributed by atoms with van der Waals surface area (Å²) in [5.74, 6) is 0.913. The van der Waals surface area contributed by atoms with Gasteiger partial charge in [0.25, 0.3) is 0 Å². The van der Waals surface area contributed by atoms with Crippen LogP contribution in [-0.2, 0) is 6.42 Å². The Bertz CT molecular complexity index is 572. The Balaban J connectivity index is 2.25. The summed E-state index contributed by atoms with van der Waals surface area (Å²) in [4.78, 5) is 0. The Hall–Kier alpha value is -1.80. The van der Waals surface area contributed by atoms with E-state index in [9.17, 15) is 0 Å². The molecule has 1 unspecified atom stereocenters. The molecule has 1 N–H and O–H groups in total. The molecule has 0 aromatic heterocycles. The van der Waals surface area contributed by atoms with Crippen LogP contribution in [0.4, 0.5) is 0 Å². The van der Waals surface area contributed by atoms with Gasteiger partial charge in [-0.25, -0.2) is 0 Å². The fraction of sp³-hybridized carbons (Fsp3) is 0.368. The van der Waals surface area contributed by atoms with Crippen LogP contribution in [0.25, 0.3) is 0 Å². The Kier molecular flexibility index (Phi) is 5.40. The van der Waals surface area contributed by atoms with Crippen molar-refractivity contribution in [1.82, 2.24) is 5.32 Å². The summed E-state index contributed by atoms with van der Waals surface area (Å²) in [6.07, 6.45) is 0.990. The summed E-state index contributed by atoms with van der Waals surface area (Å²) in [6.45, 7) is 7.41. The summed E-state index contributed by atoms with van der Waals surface area (Å²) in [7, 11) is 1.71. The van der Waals surface area contributed by atoms with E-state index in [1.807, 2.05) is 6.07 Å². The third-order valence-electron chi connectivity index (χ3n) is 3.67. The van der Waals surface area contributed by atoms with E-state index in [-0.39, 0.29) is 0 Å². The third kappa shape index (κ3) is 4.33. The molecule has 0 amide bonds. The molecule has 1 atom stereocenters. The van der Waals surface area contributed by atoms with E-state index in [0.29, 0.717) is 6.04 Å². The number of likely N-dealkylation sites (N-methyl/N-ethyl adjacent to an activating group) is 1.